The molecule has 1 fully saturated rings. The molecule has 1 N–H and O–H groups in total. The van der Waals surface area contributed by atoms with Crippen LogP contribution in [0, 0.1) is 0 Å². The third-order valence-electron chi connectivity index (χ3n) is 3.03. The molecule has 0 radical (unpaired) electrons. The van der Waals surface area contributed by atoms with E-state index in [1.54, 1.807) is 12.3 Å². The van der Waals surface area contributed by atoms with Gasteiger partial charge in [0.2, 0.25) is 11.8 Å². The normalized spacial score (nSPS) is 14.8. The van der Waals surface area contributed by atoms with Gasteiger partial charge >= 0.3 is 0 Å². The van der Waals surface area contributed by atoms with Crippen LogP contribution >= 0.6 is 0 Å². The van der Waals surface area contributed by atoms with E-state index in [4.69, 9.17) is 4.74 Å². The molecular weight excluding hydrogens is 228 g/mol. The molecule has 0 aromatic carbocycles. The van der Waals surface area contributed by atoms with Gasteiger partial charge in [0.1, 0.15) is 6.61 Å². The van der Waals surface area contributed by atoms with Crippen molar-refractivity contribution in [2.45, 2.75) is 32.2 Å². The average molecular weight is 250 g/mol. The van der Waals surface area contributed by atoms with Crippen molar-refractivity contribution < 1.29 is 4.74 Å². The summed E-state index contributed by atoms with van der Waals surface area (Å²) >= 11 is 0. The second-order valence-electron chi connectivity index (χ2n) is 4.71. The zero-order valence-electron chi connectivity index (χ0n) is 11.2. The highest BCUT2D eigenvalue weighted by Crippen LogP contribution is 2.24. The summed E-state index contributed by atoms with van der Waals surface area (Å²) in [6.07, 6.45) is 5.44. The van der Waals surface area contributed by atoms with Crippen molar-refractivity contribution in [3.05, 3.63) is 12.3 Å². The third-order valence-corrected chi connectivity index (χ3v) is 3.03. The number of hydrogen-bond acceptors (Lipinski definition) is 5. The van der Waals surface area contributed by atoms with Crippen LogP contribution in [-0.2, 0) is 0 Å². The van der Waals surface area contributed by atoms with Crippen LogP contribution in [0.1, 0.15) is 26.2 Å². The minimum atomic E-state index is 0.643. The molecule has 100 valence electrons. The lowest BCUT2D eigenvalue weighted by atomic mass is 10.5. The molecule has 1 saturated carbocycles. The molecule has 2 rings (SSSR count). The summed E-state index contributed by atoms with van der Waals surface area (Å²) in [6, 6.07) is 2.58. The third kappa shape index (κ3) is 4.14. The van der Waals surface area contributed by atoms with Crippen LogP contribution in [0.3, 0.4) is 0 Å². The Bertz CT molecular complexity index is 368. The van der Waals surface area contributed by atoms with Gasteiger partial charge < -0.3 is 15.0 Å². The van der Waals surface area contributed by atoms with Gasteiger partial charge in [-0.1, -0.05) is 6.92 Å². The van der Waals surface area contributed by atoms with Crippen LogP contribution in [0.5, 0.6) is 5.88 Å². The van der Waals surface area contributed by atoms with Gasteiger partial charge in [-0.25, -0.2) is 4.98 Å². The second-order valence-corrected chi connectivity index (χ2v) is 4.71. The fourth-order valence-electron chi connectivity index (χ4n) is 1.74. The van der Waals surface area contributed by atoms with E-state index in [0.717, 1.165) is 25.6 Å². The summed E-state index contributed by atoms with van der Waals surface area (Å²) in [5.41, 5.74) is 0. The summed E-state index contributed by atoms with van der Waals surface area (Å²) in [7, 11) is 2.15. The SMILES string of the molecule is CCCNc1nccc(OCCN(C)C2CC2)n1. The Kier molecular flexibility index (Phi) is 4.75. The Hall–Kier alpha value is -1.36. The minimum absolute atomic E-state index is 0.643. The quantitative estimate of drug-likeness (QED) is 0.762. The van der Waals surface area contributed by atoms with Crippen LogP contribution in [0.25, 0.3) is 0 Å². The van der Waals surface area contributed by atoms with Gasteiger partial charge in [-0.2, -0.15) is 4.98 Å². The highest BCUT2D eigenvalue weighted by molar-refractivity contribution is 5.27. The van der Waals surface area contributed by atoms with E-state index in [-0.39, 0.29) is 0 Å². The number of likely N-dealkylation sites (N-methyl/N-ethyl adjacent to an activating group) is 1. The van der Waals surface area contributed by atoms with E-state index in [1.807, 2.05) is 0 Å². The van der Waals surface area contributed by atoms with Crippen LogP contribution < -0.4 is 10.1 Å². The average Bonchev–Trinajstić information content (AvgIpc) is 3.21. The van der Waals surface area contributed by atoms with Crippen molar-refractivity contribution in [2.24, 2.45) is 0 Å². The first-order valence-electron chi connectivity index (χ1n) is 6.69. The van der Waals surface area contributed by atoms with Crippen molar-refractivity contribution in [1.29, 1.82) is 0 Å². The Morgan fingerprint density at radius 1 is 1.50 bits per heavy atom. The number of rotatable bonds is 8. The largest absolute Gasteiger partial charge is 0.476 e. The van der Waals surface area contributed by atoms with Crippen molar-refractivity contribution in [3.8, 4) is 5.88 Å². The number of nitrogens with one attached hydrogen (secondary N) is 1. The molecule has 0 atom stereocenters. The van der Waals surface area contributed by atoms with E-state index >= 15 is 0 Å². The maximum Gasteiger partial charge on any atom is 0.225 e. The van der Waals surface area contributed by atoms with Gasteiger partial charge in [0.25, 0.3) is 0 Å². The smallest absolute Gasteiger partial charge is 0.225 e. The zero-order chi connectivity index (χ0) is 12.8. The van der Waals surface area contributed by atoms with Gasteiger partial charge in [-0.3, -0.25) is 0 Å². The highest BCUT2D eigenvalue weighted by Gasteiger charge is 2.25. The number of aromatic nitrogens is 2. The molecule has 5 nitrogen and oxygen atoms in total. The first-order valence-corrected chi connectivity index (χ1v) is 6.69. The van der Waals surface area contributed by atoms with Gasteiger partial charge in [0.05, 0.1) is 0 Å². The van der Waals surface area contributed by atoms with Gasteiger partial charge in [-0.15, -0.1) is 0 Å². The summed E-state index contributed by atoms with van der Waals surface area (Å²) in [5.74, 6) is 1.29. The van der Waals surface area contributed by atoms with Crippen LogP contribution in [0.15, 0.2) is 12.3 Å². The second kappa shape index (κ2) is 6.54. The maximum absolute atomic E-state index is 5.64. The maximum atomic E-state index is 5.64. The number of nitrogens with zero attached hydrogens (tertiary/aromatic N) is 3. The fraction of sp³-hybridized carbons (Fsp3) is 0.692. The summed E-state index contributed by atoms with van der Waals surface area (Å²) < 4.78 is 5.64. The van der Waals surface area contributed by atoms with E-state index in [1.165, 1.54) is 12.8 Å². The van der Waals surface area contributed by atoms with Crippen LogP contribution in [-0.4, -0.2) is 47.7 Å². The topological polar surface area (TPSA) is 50.3 Å². The summed E-state index contributed by atoms with van der Waals surface area (Å²) in [5, 5.41) is 3.15. The predicted molar refractivity (Wildman–Crippen MR) is 72.0 cm³/mol. The fourth-order valence-corrected chi connectivity index (χ4v) is 1.74. The molecular formula is C13H22N4O. The summed E-state index contributed by atoms with van der Waals surface area (Å²) in [4.78, 5) is 10.8. The lowest BCUT2D eigenvalue weighted by molar-refractivity contribution is 0.226. The van der Waals surface area contributed by atoms with Crippen LogP contribution in [0.2, 0.25) is 0 Å². The lowest BCUT2D eigenvalue weighted by Crippen LogP contribution is -2.26. The Morgan fingerprint density at radius 3 is 3.06 bits per heavy atom. The minimum Gasteiger partial charge on any atom is -0.476 e. The molecule has 5 heteroatoms. The van der Waals surface area contributed by atoms with E-state index in [2.05, 4.69) is 34.2 Å². The molecule has 0 aliphatic heterocycles. The van der Waals surface area contributed by atoms with Gasteiger partial charge in [-0.05, 0) is 26.3 Å². The van der Waals surface area contributed by atoms with E-state index in [0.29, 0.717) is 18.4 Å². The van der Waals surface area contributed by atoms with Crippen molar-refractivity contribution >= 4 is 5.95 Å². The molecule has 1 heterocycles. The summed E-state index contributed by atoms with van der Waals surface area (Å²) in [6.45, 7) is 4.62. The molecule has 18 heavy (non-hydrogen) atoms. The number of hydrogen-bond donors (Lipinski definition) is 1. The molecule has 0 saturated heterocycles. The number of ether oxygens (including phenoxy) is 1. The standard InChI is InChI=1S/C13H22N4O/c1-3-7-14-13-15-8-6-12(16-13)18-10-9-17(2)11-4-5-11/h6,8,11H,3-5,7,9-10H2,1-2H3,(H,14,15,16). The molecule has 0 bridgehead atoms. The van der Waals surface area contributed by atoms with Crippen molar-refractivity contribution in [2.75, 3.05) is 32.1 Å². The Balaban J connectivity index is 1.73. The lowest BCUT2D eigenvalue weighted by Gasteiger charge is -2.15. The van der Waals surface area contributed by atoms with Crippen molar-refractivity contribution in [3.63, 3.8) is 0 Å². The van der Waals surface area contributed by atoms with Crippen molar-refractivity contribution in [1.82, 2.24) is 14.9 Å². The molecule has 0 amide bonds. The molecule has 1 aliphatic carbocycles. The molecule has 0 unspecified atom stereocenters. The molecule has 0 spiro atoms. The first kappa shape index (κ1) is 13.1. The molecule has 1 aromatic heterocycles. The van der Waals surface area contributed by atoms with Crippen LogP contribution in [0.4, 0.5) is 5.95 Å². The Morgan fingerprint density at radius 2 is 2.33 bits per heavy atom. The highest BCUT2D eigenvalue weighted by atomic mass is 16.5. The number of anilines is 1. The first-order chi connectivity index (χ1) is 8.79. The Labute approximate surface area is 109 Å². The monoisotopic (exact) mass is 250 g/mol. The predicted octanol–water partition coefficient (Wildman–Crippen LogP) is 1.77. The van der Waals surface area contributed by atoms with E-state index < -0.39 is 0 Å². The molecule has 1 aliphatic rings. The molecule has 1 aromatic rings. The van der Waals surface area contributed by atoms with Gasteiger partial charge in [0.15, 0.2) is 0 Å². The van der Waals surface area contributed by atoms with E-state index in [9.17, 15) is 0 Å². The van der Waals surface area contributed by atoms with Gasteiger partial charge in [0, 0.05) is 31.4 Å². The zero-order valence-corrected chi connectivity index (χ0v) is 11.2.